The third-order valence-electron chi connectivity index (χ3n) is 2.39. The van der Waals surface area contributed by atoms with E-state index < -0.39 is 34.0 Å². The van der Waals surface area contributed by atoms with E-state index in [1.54, 1.807) is 0 Å². The second-order valence-electron chi connectivity index (χ2n) is 3.97. The van der Waals surface area contributed by atoms with Crippen molar-refractivity contribution in [1.29, 1.82) is 0 Å². The lowest BCUT2D eigenvalue weighted by Crippen LogP contribution is -2.41. The molecule has 3 amide bonds. The number of carbonyl (C=O) groups excluding carboxylic acids is 2. The molecule has 1 rings (SSSR count). The lowest BCUT2D eigenvalue weighted by Gasteiger charge is -2.13. The summed E-state index contributed by atoms with van der Waals surface area (Å²) in [6.45, 7) is 1.48. The second kappa shape index (κ2) is 7.04. The third kappa shape index (κ3) is 5.13. The number of alkyl halides is 3. The molecule has 0 aliphatic carbocycles. The first-order valence-corrected chi connectivity index (χ1v) is 6.97. The number of imide groups is 1. The number of amides is 3. The topological polar surface area (TPSA) is 58.2 Å². The van der Waals surface area contributed by atoms with E-state index in [9.17, 15) is 22.8 Å². The van der Waals surface area contributed by atoms with Gasteiger partial charge in [0, 0.05) is 11.9 Å². The van der Waals surface area contributed by atoms with Crippen LogP contribution in [0.25, 0.3) is 0 Å². The molecule has 1 aromatic carbocycles. The molecular weight excluding hydrogens is 329 g/mol. The Kier molecular flexibility index (Phi) is 5.91. The summed E-state index contributed by atoms with van der Waals surface area (Å²) in [4.78, 5) is 22.8. The van der Waals surface area contributed by atoms with Crippen molar-refractivity contribution in [2.24, 2.45) is 0 Å². The molecule has 0 radical (unpaired) electrons. The highest BCUT2D eigenvalue weighted by atomic mass is 35.5. The van der Waals surface area contributed by atoms with Crippen molar-refractivity contribution < 1.29 is 22.8 Å². The predicted octanol–water partition coefficient (Wildman–Crippen LogP) is 3.30. The number of thioether (sulfide) groups is 1. The van der Waals surface area contributed by atoms with Gasteiger partial charge in [0.05, 0.1) is 15.8 Å². The number of rotatable bonds is 3. The summed E-state index contributed by atoms with van der Waals surface area (Å²) in [6.07, 6.45) is -4.57. The van der Waals surface area contributed by atoms with Gasteiger partial charge < -0.3 is 5.32 Å². The van der Waals surface area contributed by atoms with Crippen molar-refractivity contribution in [3.8, 4) is 0 Å². The minimum atomic E-state index is -4.57. The molecule has 4 nitrogen and oxygen atoms in total. The summed E-state index contributed by atoms with van der Waals surface area (Å²) in [6, 6.07) is 2.69. The van der Waals surface area contributed by atoms with E-state index in [4.69, 9.17) is 11.6 Å². The zero-order valence-electron chi connectivity index (χ0n) is 11.0. The van der Waals surface area contributed by atoms with Gasteiger partial charge in [0.2, 0.25) is 5.91 Å². The van der Waals surface area contributed by atoms with Gasteiger partial charge in [-0.15, -0.1) is 11.8 Å². The van der Waals surface area contributed by atoms with Crippen LogP contribution in [0.5, 0.6) is 0 Å². The highest BCUT2D eigenvalue weighted by Crippen LogP contribution is 2.37. The number of urea groups is 1. The van der Waals surface area contributed by atoms with Crippen molar-refractivity contribution in [2.75, 3.05) is 7.05 Å². The number of hydrogen-bond donors (Lipinski definition) is 2. The molecule has 0 saturated carbocycles. The van der Waals surface area contributed by atoms with Gasteiger partial charge in [0.1, 0.15) is 0 Å². The molecule has 0 aliphatic heterocycles. The van der Waals surface area contributed by atoms with Crippen LogP contribution in [0, 0.1) is 0 Å². The first-order chi connectivity index (χ1) is 9.65. The molecule has 9 heteroatoms. The minimum Gasteiger partial charge on any atom is -0.341 e. The van der Waals surface area contributed by atoms with Gasteiger partial charge in [0.25, 0.3) is 0 Å². The van der Waals surface area contributed by atoms with E-state index in [0.29, 0.717) is 0 Å². The lowest BCUT2D eigenvalue weighted by atomic mass is 10.2. The van der Waals surface area contributed by atoms with Gasteiger partial charge in [-0.3, -0.25) is 10.1 Å². The molecule has 21 heavy (non-hydrogen) atoms. The van der Waals surface area contributed by atoms with E-state index in [1.165, 1.54) is 20.0 Å². The largest absolute Gasteiger partial charge is 0.417 e. The number of hydrogen-bond acceptors (Lipinski definition) is 3. The normalized spacial score (nSPS) is 12.7. The number of benzene rings is 1. The fourth-order valence-electron chi connectivity index (χ4n) is 1.33. The Morgan fingerprint density at radius 2 is 1.95 bits per heavy atom. The number of nitrogens with one attached hydrogen (secondary N) is 2. The van der Waals surface area contributed by atoms with E-state index in [2.05, 4.69) is 5.32 Å². The van der Waals surface area contributed by atoms with Crippen molar-refractivity contribution in [1.82, 2.24) is 10.6 Å². The van der Waals surface area contributed by atoms with Gasteiger partial charge in [-0.05, 0) is 25.1 Å². The Morgan fingerprint density at radius 3 is 2.48 bits per heavy atom. The fraction of sp³-hybridized carbons (Fsp3) is 0.333. The van der Waals surface area contributed by atoms with E-state index in [-0.39, 0.29) is 4.90 Å². The second-order valence-corrected chi connectivity index (χ2v) is 5.79. The molecule has 1 atom stereocenters. The molecule has 2 N–H and O–H groups in total. The minimum absolute atomic E-state index is 0.228. The summed E-state index contributed by atoms with van der Waals surface area (Å²) in [5, 5.41) is 3.10. The smallest absolute Gasteiger partial charge is 0.341 e. The molecule has 0 spiro atoms. The average Bonchev–Trinajstić information content (AvgIpc) is 2.39. The van der Waals surface area contributed by atoms with E-state index in [1.807, 2.05) is 5.32 Å². The van der Waals surface area contributed by atoms with Gasteiger partial charge in [-0.2, -0.15) is 13.2 Å². The first-order valence-electron chi connectivity index (χ1n) is 5.71. The van der Waals surface area contributed by atoms with Crippen molar-refractivity contribution in [2.45, 2.75) is 23.2 Å². The van der Waals surface area contributed by atoms with Gasteiger partial charge in [-0.1, -0.05) is 11.6 Å². The van der Waals surface area contributed by atoms with Gasteiger partial charge in [0.15, 0.2) is 0 Å². The Morgan fingerprint density at radius 1 is 1.33 bits per heavy atom. The summed E-state index contributed by atoms with van der Waals surface area (Å²) in [5.74, 6) is -0.608. The molecule has 0 bridgehead atoms. The molecule has 0 unspecified atom stereocenters. The summed E-state index contributed by atoms with van der Waals surface area (Å²) in [5.41, 5.74) is -0.965. The molecule has 0 saturated heterocycles. The molecule has 0 aromatic heterocycles. The molecule has 116 valence electrons. The van der Waals surface area contributed by atoms with Crippen LogP contribution >= 0.6 is 23.4 Å². The van der Waals surface area contributed by atoms with E-state index >= 15 is 0 Å². The van der Waals surface area contributed by atoms with Crippen molar-refractivity contribution in [3.05, 3.63) is 28.8 Å². The standard InChI is InChI=1S/C12H12ClF3N2O2S/c1-6(10(19)18-11(20)17-2)21-7-3-4-9(13)8(5-7)12(14,15)16/h3-6H,1-2H3,(H2,17,18,19,20)/t6-/m1/s1. The van der Waals surface area contributed by atoms with Crippen LogP contribution in [-0.2, 0) is 11.0 Å². The highest BCUT2D eigenvalue weighted by molar-refractivity contribution is 8.00. The van der Waals surface area contributed by atoms with Gasteiger partial charge in [-0.25, -0.2) is 4.79 Å². The maximum atomic E-state index is 12.7. The monoisotopic (exact) mass is 340 g/mol. The zero-order chi connectivity index (χ0) is 16.2. The highest BCUT2D eigenvalue weighted by Gasteiger charge is 2.33. The van der Waals surface area contributed by atoms with Crippen molar-refractivity contribution >= 4 is 35.3 Å². The summed E-state index contributed by atoms with van der Waals surface area (Å²) < 4.78 is 38.1. The molecule has 0 heterocycles. The van der Waals surface area contributed by atoms with Crippen LogP contribution in [-0.4, -0.2) is 24.2 Å². The number of carbonyl (C=O) groups is 2. The average molecular weight is 341 g/mol. The van der Waals surface area contributed by atoms with Crippen LogP contribution in [0.4, 0.5) is 18.0 Å². The first kappa shape index (κ1) is 17.6. The maximum absolute atomic E-state index is 12.7. The van der Waals surface area contributed by atoms with E-state index in [0.717, 1.165) is 23.9 Å². The van der Waals surface area contributed by atoms with Gasteiger partial charge >= 0.3 is 12.2 Å². The van der Waals surface area contributed by atoms with Crippen LogP contribution in [0.3, 0.4) is 0 Å². The third-order valence-corrected chi connectivity index (χ3v) is 3.81. The zero-order valence-corrected chi connectivity index (χ0v) is 12.6. The predicted molar refractivity (Wildman–Crippen MR) is 74.4 cm³/mol. The Hall–Kier alpha value is -1.41. The Balaban J connectivity index is 2.84. The molecule has 0 fully saturated rings. The number of halogens is 4. The van der Waals surface area contributed by atoms with Crippen molar-refractivity contribution in [3.63, 3.8) is 0 Å². The van der Waals surface area contributed by atoms with Crippen LogP contribution in [0.1, 0.15) is 12.5 Å². The summed E-state index contributed by atoms with van der Waals surface area (Å²) >= 11 is 6.40. The SMILES string of the molecule is CNC(=O)NC(=O)[C@@H](C)Sc1ccc(Cl)c(C(F)(F)F)c1. The molecule has 0 aliphatic rings. The maximum Gasteiger partial charge on any atom is 0.417 e. The molecule has 1 aromatic rings. The quantitative estimate of drug-likeness (QED) is 0.830. The molecular formula is C12H12ClF3N2O2S. The summed E-state index contributed by atoms with van der Waals surface area (Å²) in [7, 11) is 1.34. The Bertz CT molecular complexity index is 552. The van der Waals surface area contributed by atoms with Crippen LogP contribution in [0.2, 0.25) is 5.02 Å². The van der Waals surface area contributed by atoms with Crippen LogP contribution in [0.15, 0.2) is 23.1 Å². The van der Waals surface area contributed by atoms with Crippen LogP contribution < -0.4 is 10.6 Å². The fourth-order valence-corrected chi connectivity index (χ4v) is 2.46. The lowest BCUT2D eigenvalue weighted by molar-refractivity contribution is -0.137. The Labute approximate surface area is 128 Å².